The van der Waals surface area contributed by atoms with E-state index in [9.17, 15) is 0 Å². The van der Waals surface area contributed by atoms with Gasteiger partial charge in [0.1, 0.15) is 0 Å². The average molecular weight is 137 g/mol. The van der Waals surface area contributed by atoms with Crippen molar-refractivity contribution >= 4 is 5.69 Å². The van der Waals surface area contributed by atoms with Crippen LogP contribution in [-0.2, 0) is 0 Å². The molecule has 1 aromatic rings. The van der Waals surface area contributed by atoms with Crippen LogP contribution in [0.25, 0.3) is 0 Å². The van der Waals surface area contributed by atoms with Crippen LogP contribution in [-0.4, -0.2) is 16.7 Å². The van der Waals surface area contributed by atoms with Crippen molar-refractivity contribution in [3.8, 4) is 0 Å². The van der Waals surface area contributed by atoms with Crippen LogP contribution in [0.2, 0.25) is 0 Å². The van der Waals surface area contributed by atoms with E-state index >= 15 is 0 Å². The van der Waals surface area contributed by atoms with Crippen LogP contribution in [0.5, 0.6) is 0 Å². The fourth-order valence-corrected chi connectivity index (χ4v) is 0.932. The Morgan fingerprint density at radius 2 is 2.60 bits per heavy atom. The number of aromatic nitrogens is 2. The molecule has 3 nitrogen and oxygen atoms in total. The number of H-pyrrole nitrogens is 1. The SMILES string of the molecule is c1n[nH]cc1NCC1CC1. The van der Waals surface area contributed by atoms with Crippen molar-refractivity contribution in [3.05, 3.63) is 12.4 Å². The Morgan fingerprint density at radius 3 is 3.20 bits per heavy atom. The van der Waals surface area contributed by atoms with E-state index in [-0.39, 0.29) is 0 Å². The number of nitrogens with one attached hydrogen (secondary N) is 2. The zero-order chi connectivity index (χ0) is 6.81. The topological polar surface area (TPSA) is 40.7 Å². The van der Waals surface area contributed by atoms with Crippen molar-refractivity contribution in [2.75, 3.05) is 11.9 Å². The van der Waals surface area contributed by atoms with E-state index in [4.69, 9.17) is 0 Å². The smallest absolute Gasteiger partial charge is 0.0723 e. The summed E-state index contributed by atoms with van der Waals surface area (Å²) in [5, 5.41) is 9.89. The first-order chi connectivity index (χ1) is 4.95. The van der Waals surface area contributed by atoms with Gasteiger partial charge >= 0.3 is 0 Å². The highest BCUT2D eigenvalue weighted by atomic mass is 15.1. The van der Waals surface area contributed by atoms with E-state index in [1.165, 1.54) is 12.8 Å². The molecule has 1 aromatic heterocycles. The van der Waals surface area contributed by atoms with Gasteiger partial charge in [-0.15, -0.1) is 0 Å². The summed E-state index contributed by atoms with van der Waals surface area (Å²) in [7, 11) is 0. The largest absolute Gasteiger partial charge is 0.382 e. The lowest BCUT2D eigenvalue weighted by atomic mass is 10.4. The zero-order valence-corrected chi connectivity index (χ0v) is 5.80. The molecule has 0 aromatic carbocycles. The summed E-state index contributed by atoms with van der Waals surface area (Å²) in [4.78, 5) is 0. The average Bonchev–Trinajstić information content (AvgIpc) is 2.63. The Kier molecular flexibility index (Phi) is 1.34. The second kappa shape index (κ2) is 2.33. The van der Waals surface area contributed by atoms with Gasteiger partial charge in [-0.05, 0) is 18.8 Å². The number of hydrogen-bond donors (Lipinski definition) is 2. The zero-order valence-electron chi connectivity index (χ0n) is 5.80. The molecule has 0 amide bonds. The number of hydrogen-bond acceptors (Lipinski definition) is 2. The molecule has 1 fully saturated rings. The molecule has 0 radical (unpaired) electrons. The normalized spacial score (nSPS) is 17.2. The van der Waals surface area contributed by atoms with Gasteiger partial charge in [0.25, 0.3) is 0 Å². The number of anilines is 1. The number of nitrogens with zero attached hydrogens (tertiary/aromatic N) is 1. The number of rotatable bonds is 3. The third-order valence-corrected chi connectivity index (χ3v) is 1.79. The molecule has 3 heteroatoms. The Morgan fingerprint density at radius 1 is 1.70 bits per heavy atom. The summed E-state index contributed by atoms with van der Waals surface area (Å²) in [6, 6.07) is 0. The molecule has 2 N–H and O–H groups in total. The van der Waals surface area contributed by atoms with Crippen molar-refractivity contribution in [2.45, 2.75) is 12.8 Å². The first kappa shape index (κ1) is 5.77. The molecule has 1 saturated carbocycles. The Labute approximate surface area is 59.8 Å². The first-order valence-electron chi connectivity index (χ1n) is 3.68. The molecule has 0 saturated heterocycles. The highest BCUT2D eigenvalue weighted by molar-refractivity contribution is 5.37. The third-order valence-electron chi connectivity index (χ3n) is 1.79. The van der Waals surface area contributed by atoms with Crippen molar-refractivity contribution < 1.29 is 0 Å². The number of aromatic amines is 1. The molecular weight excluding hydrogens is 126 g/mol. The summed E-state index contributed by atoms with van der Waals surface area (Å²) >= 11 is 0. The van der Waals surface area contributed by atoms with E-state index < -0.39 is 0 Å². The molecule has 2 rings (SSSR count). The van der Waals surface area contributed by atoms with Gasteiger partial charge in [0.05, 0.1) is 11.9 Å². The van der Waals surface area contributed by atoms with Crippen LogP contribution in [0, 0.1) is 5.92 Å². The van der Waals surface area contributed by atoms with Crippen molar-refractivity contribution in [2.24, 2.45) is 5.92 Å². The fraction of sp³-hybridized carbons (Fsp3) is 0.571. The lowest BCUT2D eigenvalue weighted by Crippen LogP contribution is -2.01. The van der Waals surface area contributed by atoms with Crippen molar-refractivity contribution in [1.82, 2.24) is 10.2 Å². The summed E-state index contributed by atoms with van der Waals surface area (Å²) < 4.78 is 0. The lowest BCUT2D eigenvalue weighted by molar-refractivity contribution is 0.889. The van der Waals surface area contributed by atoms with E-state index in [0.717, 1.165) is 18.2 Å². The molecule has 0 bridgehead atoms. The fourth-order valence-electron chi connectivity index (χ4n) is 0.932. The van der Waals surface area contributed by atoms with Gasteiger partial charge in [0.2, 0.25) is 0 Å². The second-order valence-corrected chi connectivity index (χ2v) is 2.81. The summed E-state index contributed by atoms with van der Waals surface area (Å²) in [6.45, 7) is 1.11. The second-order valence-electron chi connectivity index (χ2n) is 2.81. The maximum absolute atomic E-state index is 3.83. The van der Waals surface area contributed by atoms with Gasteiger partial charge in [0, 0.05) is 12.7 Å². The molecule has 0 spiro atoms. The van der Waals surface area contributed by atoms with Crippen LogP contribution in [0.3, 0.4) is 0 Å². The first-order valence-corrected chi connectivity index (χ1v) is 3.68. The Hall–Kier alpha value is -0.990. The predicted molar refractivity (Wildman–Crippen MR) is 39.8 cm³/mol. The highest BCUT2D eigenvalue weighted by Crippen LogP contribution is 2.28. The van der Waals surface area contributed by atoms with Gasteiger partial charge in [-0.2, -0.15) is 5.10 Å². The minimum absolute atomic E-state index is 0.926. The van der Waals surface area contributed by atoms with Gasteiger partial charge in [-0.1, -0.05) is 0 Å². The minimum Gasteiger partial charge on any atom is -0.382 e. The van der Waals surface area contributed by atoms with Crippen molar-refractivity contribution in [1.29, 1.82) is 0 Å². The van der Waals surface area contributed by atoms with Crippen LogP contribution >= 0.6 is 0 Å². The Bertz CT molecular complexity index is 189. The van der Waals surface area contributed by atoms with Crippen LogP contribution in [0.15, 0.2) is 12.4 Å². The molecule has 1 aliphatic carbocycles. The molecular formula is C7H11N3. The van der Waals surface area contributed by atoms with Crippen LogP contribution < -0.4 is 5.32 Å². The van der Waals surface area contributed by atoms with Gasteiger partial charge < -0.3 is 5.32 Å². The van der Waals surface area contributed by atoms with E-state index in [1.54, 1.807) is 0 Å². The monoisotopic (exact) mass is 137 g/mol. The third kappa shape index (κ3) is 1.29. The highest BCUT2D eigenvalue weighted by Gasteiger charge is 2.20. The van der Waals surface area contributed by atoms with Crippen LogP contribution in [0.4, 0.5) is 5.69 Å². The molecule has 0 atom stereocenters. The standard InChI is InChI=1S/C7H11N3/c1-2-6(1)3-8-7-4-9-10-5-7/h4-6,8H,1-3H2,(H,9,10). The van der Waals surface area contributed by atoms with Gasteiger partial charge in [-0.25, -0.2) is 0 Å². The summed E-state index contributed by atoms with van der Waals surface area (Å²) in [5.74, 6) is 0.926. The molecule has 54 valence electrons. The summed E-state index contributed by atoms with van der Waals surface area (Å²) in [5.41, 5.74) is 1.10. The maximum atomic E-state index is 3.83. The molecule has 0 aliphatic heterocycles. The van der Waals surface area contributed by atoms with E-state index in [2.05, 4.69) is 15.5 Å². The predicted octanol–water partition coefficient (Wildman–Crippen LogP) is 1.23. The van der Waals surface area contributed by atoms with Crippen molar-refractivity contribution in [3.63, 3.8) is 0 Å². The van der Waals surface area contributed by atoms with E-state index in [1.807, 2.05) is 12.4 Å². The molecule has 1 aliphatic rings. The maximum Gasteiger partial charge on any atom is 0.0723 e. The lowest BCUT2D eigenvalue weighted by Gasteiger charge is -1.98. The molecule has 1 heterocycles. The Balaban J connectivity index is 1.79. The molecule has 10 heavy (non-hydrogen) atoms. The van der Waals surface area contributed by atoms with Gasteiger partial charge in [-0.3, -0.25) is 5.10 Å². The minimum atomic E-state index is 0.926. The summed E-state index contributed by atoms with van der Waals surface area (Å²) in [6.07, 6.45) is 6.47. The van der Waals surface area contributed by atoms with Crippen LogP contribution in [0.1, 0.15) is 12.8 Å². The van der Waals surface area contributed by atoms with E-state index in [0.29, 0.717) is 0 Å². The quantitative estimate of drug-likeness (QED) is 0.657. The molecule has 0 unspecified atom stereocenters. The van der Waals surface area contributed by atoms with Gasteiger partial charge in [0.15, 0.2) is 0 Å².